The van der Waals surface area contributed by atoms with Crippen LogP contribution in [0, 0.1) is 0 Å². The molecule has 0 amide bonds. The summed E-state index contributed by atoms with van der Waals surface area (Å²) in [4.78, 5) is 21.9. The van der Waals surface area contributed by atoms with E-state index in [4.69, 9.17) is 0 Å². The van der Waals surface area contributed by atoms with E-state index >= 15 is 0 Å². The molecular formula is C8H3Br3O2. The molecule has 0 atom stereocenters. The van der Waals surface area contributed by atoms with Gasteiger partial charge in [0.2, 0.25) is 9.39 Å². The van der Waals surface area contributed by atoms with Crippen molar-refractivity contribution < 1.29 is 9.59 Å². The smallest absolute Gasteiger partial charge is 0.228 e. The largest absolute Gasteiger partial charge is 0.281 e. The third-order valence-corrected chi connectivity index (χ3v) is 2.73. The van der Waals surface area contributed by atoms with Crippen molar-refractivity contribution in [2.75, 3.05) is 0 Å². The fourth-order valence-corrected chi connectivity index (χ4v) is 1.77. The molecule has 0 N–H and O–H groups in total. The minimum atomic E-state index is -0.246. The second kappa shape index (κ2) is 4.48. The van der Waals surface area contributed by atoms with Gasteiger partial charge >= 0.3 is 0 Å². The molecule has 0 aliphatic rings. The average Bonchev–Trinajstić information content (AvgIpc) is 2.03. The van der Waals surface area contributed by atoms with E-state index in [2.05, 4.69) is 47.8 Å². The van der Waals surface area contributed by atoms with Crippen LogP contribution < -0.4 is 0 Å². The summed E-state index contributed by atoms with van der Waals surface area (Å²) < 4.78 is 0.202. The molecular weight excluding hydrogens is 368 g/mol. The third-order valence-electron chi connectivity index (χ3n) is 1.35. The Hall–Kier alpha value is -0.000000000000000111. The summed E-state index contributed by atoms with van der Waals surface area (Å²) in [7, 11) is 0. The number of hydrogen-bond acceptors (Lipinski definition) is 2. The Bertz CT molecular complexity index is 341. The number of benzene rings is 1. The van der Waals surface area contributed by atoms with Gasteiger partial charge in [0, 0.05) is 15.6 Å². The van der Waals surface area contributed by atoms with E-state index in [0.717, 1.165) is 0 Å². The van der Waals surface area contributed by atoms with Gasteiger partial charge in [0.15, 0.2) is 0 Å². The van der Waals surface area contributed by atoms with Crippen LogP contribution in [0.25, 0.3) is 0 Å². The van der Waals surface area contributed by atoms with Gasteiger partial charge in [0.25, 0.3) is 0 Å². The van der Waals surface area contributed by atoms with Gasteiger partial charge in [-0.1, -0.05) is 15.9 Å². The van der Waals surface area contributed by atoms with Gasteiger partial charge in [-0.25, -0.2) is 0 Å². The van der Waals surface area contributed by atoms with Crippen LogP contribution in [0.2, 0.25) is 0 Å². The summed E-state index contributed by atoms with van der Waals surface area (Å²) in [5, 5.41) is 0. The third kappa shape index (κ3) is 3.00. The Labute approximate surface area is 100 Å². The van der Waals surface area contributed by atoms with Crippen molar-refractivity contribution in [1.29, 1.82) is 0 Å². The summed E-state index contributed by atoms with van der Waals surface area (Å²) in [6.07, 6.45) is 0. The molecule has 68 valence electrons. The van der Waals surface area contributed by atoms with Crippen LogP contribution in [-0.4, -0.2) is 9.39 Å². The van der Waals surface area contributed by atoms with Crippen molar-refractivity contribution in [3.63, 3.8) is 0 Å². The normalized spacial score (nSPS) is 9.77. The van der Waals surface area contributed by atoms with Crippen molar-refractivity contribution >= 4 is 57.2 Å². The van der Waals surface area contributed by atoms with E-state index in [1.807, 2.05) is 0 Å². The maximum atomic E-state index is 10.9. The van der Waals surface area contributed by atoms with Gasteiger partial charge in [0.1, 0.15) is 0 Å². The van der Waals surface area contributed by atoms with Gasteiger partial charge in [0.05, 0.1) is 0 Å². The van der Waals surface area contributed by atoms with E-state index in [-0.39, 0.29) is 9.39 Å². The van der Waals surface area contributed by atoms with Gasteiger partial charge in [-0.15, -0.1) is 0 Å². The standard InChI is InChI=1S/C8H3Br3O2/c9-6-2-4(7(10)12)1-5(3-6)8(11)13/h1-3H. The topological polar surface area (TPSA) is 34.1 Å². The second-order valence-corrected chi connectivity index (χ2v) is 4.63. The molecule has 0 radical (unpaired) electrons. The highest BCUT2D eigenvalue weighted by molar-refractivity contribution is 9.18. The lowest BCUT2D eigenvalue weighted by molar-refractivity contribution is 0.109. The molecule has 1 rings (SSSR count). The molecule has 0 aromatic heterocycles. The highest BCUT2D eigenvalue weighted by Crippen LogP contribution is 2.19. The first-order valence-electron chi connectivity index (χ1n) is 3.21. The molecule has 0 fully saturated rings. The van der Waals surface area contributed by atoms with Crippen LogP contribution in [0.5, 0.6) is 0 Å². The molecule has 5 heteroatoms. The molecule has 1 aromatic rings. The summed E-state index contributed by atoms with van der Waals surface area (Å²) in [6.45, 7) is 0. The van der Waals surface area contributed by atoms with E-state index in [1.54, 1.807) is 12.1 Å². The Morgan fingerprint density at radius 2 is 1.31 bits per heavy atom. The van der Waals surface area contributed by atoms with Crippen molar-refractivity contribution in [1.82, 2.24) is 0 Å². The molecule has 0 unspecified atom stereocenters. The summed E-state index contributed by atoms with van der Waals surface area (Å²) in [5.74, 6) is 0. The first kappa shape index (κ1) is 11.1. The molecule has 0 aliphatic carbocycles. The number of halogens is 3. The van der Waals surface area contributed by atoms with Crippen LogP contribution in [0.1, 0.15) is 20.7 Å². The predicted octanol–water partition coefficient (Wildman–Crippen LogP) is 3.52. The molecule has 0 aliphatic heterocycles. The van der Waals surface area contributed by atoms with Crippen molar-refractivity contribution in [2.45, 2.75) is 0 Å². The molecule has 1 aromatic carbocycles. The maximum Gasteiger partial charge on any atom is 0.228 e. The predicted molar refractivity (Wildman–Crippen MR) is 60.7 cm³/mol. The van der Waals surface area contributed by atoms with Crippen molar-refractivity contribution in [3.05, 3.63) is 33.8 Å². The van der Waals surface area contributed by atoms with Gasteiger partial charge in [-0.2, -0.15) is 0 Å². The Kier molecular flexibility index (Phi) is 3.82. The first-order valence-corrected chi connectivity index (χ1v) is 5.59. The van der Waals surface area contributed by atoms with Crippen LogP contribution in [0.4, 0.5) is 0 Å². The van der Waals surface area contributed by atoms with E-state index in [9.17, 15) is 9.59 Å². The SMILES string of the molecule is O=C(Br)c1cc(Br)cc(C(=O)Br)c1. The minimum absolute atomic E-state index is 0.246. The van der Waals surface area contributed by atoms with E-state index < -0.39 is 0 Å². The molecule has 2 nitrogen and oxygen atoms in total. The highest BCUT2D eigenvalue weighted by atomic mass is 79.9. The zero-order valence-corrected chi connectivity index (χ0v) is 10.9. The number of hydrogen-bond donors (Lipinski definition) is 0. The Morgan fingerprint density at radius 3 is 1.62 bits per heavy atom. The number of rotatable bonds is 2. The van der Waals surface area contributed by atoms with Crippen LogP contribution in [-0.2, 0) is 0 Å². The minimum Gasteiger partial charge on any atom is -0.281 e. The average molecular weight is 371 g/mol. The zero-order valence-electron chi connectivity index (χ0n) is 6.18. The van der Waals surface area contributed by atoms with Gasteiger partial charge in [-0.3, -0.25) is 9.59 Å². The van der Waals surface area contributed by atoms with Crippen LogP contribution in [0.3, 0.4) is 0 Å². The van der Waals surface area contributed by atoms with Gasteiger partial charge < -0.3 is 0 Å². The van der Waals surface area contributed by atoms with Crippen molar-refractivity contribution in [2.24, 2.45) is 0 Å². The zero-order chi connectivity index (χ0) is 10.0. The molecule has 0 heterocycles. The van der Waals surface area contributed by atoms with Crippen molar-refractivity contribution in [3.8, 4) is 0 Å². The highest BCUT2D eigenvalue weighted by Gasteiger charge is 2.08. The lowest BCUT2D eigenvalue weighted by atomic mass is 10.1. The lowest BCUT2D eigenvalue weighted by Gasteiger charge is -1.99. The number of carbonyl (C=O) groups excluding carboxylic acids is 2. The Balaban J connectivity index is 3.26. The van der Waals surface area contributed by atoms with E-state index in [0.29, 0.717) is 15.6 Å². The number of carbonyl (C=O) groups is 2. The van der Waals surface area contributed by atoms with Crippen LogP contribution in [0.15, 0.2) is 22.7 Å². The molecule has 0 saturated heterocycles. The monoisotopic (exact) mass is 368 g/mol. The quantitative estimate of drug-likeness (QED) is 0.746. The molecule has 0 spiro atoms. The summed E-state index contributed by atoms with van der Waals surface area (Å²) in [6, 6.07) is 4.78. The summed E-state index contributed by atoms with van der Waals surface area (Å²) in [5.41, 5.74) is 0.884. The lowest BCUT2D eigenvalue weighted by Crippen LogP contribution is -1.94. The molecule has 13 heavy (non-hydrogen) atoms. The fourth-order valence-electron chi connectivity index (χ4n) is 0.817. The maximum absolute atomic E-state index is 10.9. The second-order valence-electron chi connectivity index (χ2n) is 2.28. The van der Waals surface area contributed by atoms with Crippen LogP contribution >= 0.6 is 47.8 Å². The summed E-state index contributed by atoms with van der Waals surface area (Å²) >= 11 is 8.83. The van der Waals surface area contributed by atoms with Gasteiger partial charge in [-0.05, 0) is 50.1 Å². The first-order chi connectivity index (χ1) is 6.00. The molecule has 0 saturated carbocycles. The van der Waals surface area contributed by atoms with E-state index in [1.165, 1.54) is 6.07 Å². The molecule has 0 bridgehead atoms. The Morgan fingerprint density at radius 1 is 0.923 bits per heavy atom. The fraction of sp³-hybridized carbons (Fsp3) is 0.